The second kappa shape index (κ2) is 46.4. The molecule has 0 aromatic heterocycles. The normalized spacial score (nSPS) is 32.7. The number of fused-ring (bicyclic) bond motifs is 10. The summed E-state index contributed by atoms with van der Waals surface area (Å²) in [5.41, 5.74) is 20.0. The SMILES string of the molecule is C.C.CC(C)CCC[C@@H](C)[C@H]1CC[C@H]2[C@@H]3CC=C4C[C@@H](OCCC(C)P(=O)(c5ccccc5)c5ccccc5)CC[C@]4(C)[C@H]3CC[C@]12C.O.O.[CH2-]C1CCCCC1[NH-].[CH2-]C1CCCCC1[NH-].[CH2-]N(CCO[C@H]1CC[C@@]2(C)C(=CC[C@H]3[C@@H]4CC[C@H]([C@H](C)CCCC(C)C)[C@@]4(C)CC[C@@H]32)C1)P(=O)(c1ccccc1)c1ccccc1.[Pt+2].[Pt]. The van der Waals surface area contributed by atoms with Crippen molar-refractivity contribution in [1.82, 2.24) is 4.67 Å². The van der Waals surface area contributed by atoms with Gasteiger partial charge in [0.05, 0.1) is 18.8 Å². The molecule has 8 fully saturated rings. The first-order chi connectivity index (χ1) is 51.7. The van der Waals surface area contributed by atoms with Crippen molar-refractivity contribution in [1.29, 1.82) is 0 Å². The second-order valence-electron chi connectivity index (χ2n) is 38.8. The predicted molar refractivity (Wildman–Crippen MR) is 483 cm³/mol. The van der Waals surface area contributed by atoms with Gasteiger partial charge in [0.15, 0.2) is 7.29 Å². The molecule has 9 nitrogen and oxygen atoms in total. The molecule has 8 saturated carbocycles. The Hall–Kier alpha value is -2.08. The van der Waals surface area contributed by atoms with Gasteiger partial charge in [-0.1, -0.05) is 301 Å². The van der Waals surface area contributed by atoms with E-state index in [9.17, 15) is 9.13 Å². The van der Waals surface area contributed by atoms with E-state index in [-0.39, 0.29) is 91.8 Å². The largest absolute Gasteiger partial charge is 2.00 e. The summed E-state index contributed by atoms with van der Waals surface area (Å²) >= 11 is 0. The molecule has 650 valence electrons. The number of nitrogens with one attached hydrogen (secondary N) is 2. The van der Waals surface area contributed by atoms with Crippen LogP contribution in [0.5, 0.6) is 0 Å². The third-order valence-corrected chi connectivity index (χ3v) is 38.1. The van der Waals surface area contributed by atoms with Crippen molar-refractivity contribution in [3.8, 4) is 0 Å². The van der Waals surface area contributed by atoms with Crippen LogP contribution in [0.15, 0.2) is 145 Å². The molecule has 0 amide bonds. The molecule has 0 aliphatic heterocycles. The number of nitrogens with zero attached hydrogens (tertiary/aromatic N) is 1. The van der Waals surface area contributed by atoms with Gasteiger partial charge in [-0.3, -0.25) is 11.6 Å². The van der Waals surface area contributed by atoms with Crippen LogP contribution in [0.2, 0.25) is 0 Å². The van der Waals surface area contributed by atoms with Gasteiger partial charge < -0.3 is 55.0 Å². The zero-order valence-electron chi connectivity index (χ0n) is 71.4. The Labute approximate surface area is 727 Å². The topological polar surface area (TPSA) is 166 Å². The number of hydrogen-bond acceptors (Lipinski definition) is 4. The molecule has 13 heteroatoms. The van der Waals surface area contributed by atoms with Crippen LogP contribution in [0, 0.1) is 125 Å². The minimum atomic E-state index is -3.04. The first-order valence-electron chi connectivity index (χ1n) is 44.5. The summed E-state index contributed by atoms with van der Waals surface area (Å²) in [6.07, 6.45) is 45.9. The molecule has 0 heterocycles. The predicted octanol–water partition coefficient (Wildman–Crippen LogP) is 26.1. The summed E-state index contributed by atoms with van der Waals surface area (Å²) in [5.74, 6) is 11.3. The van der Waals surface area contributed by atoms with Crippen molar-refractivity contribution < 1.29 is 71.7 Å². The molecule has 0 radical (unpaired) electrons. The molecular formula is C101H162N3O6P2Pt2-3. The molecular weight excluding hydrogens is 1800 g/mol. The Kier molecular flexibility index (Phi) is 41.7. The Bertz CT molecular complexity index is 3230. The summed E-state index contributed by atoms with van der Waals surface area (Å²) in [6.45, 7) is 37.1. The van der Waals surface area contributed by atoms with Crippen LogP contribution in [0.3, 0.4) is 0 Å². The number of rotatable bonds is 24. The van der Waals surface area contributed by atoms with Crippen molar-refractivity contribution in [2.24, 2.45) is 105 Å². The van der Waals surface area contributed by atoms with Gasteiger partial charge in [-0.2, -0.15) is 23.9 Å². The number of ether oxygens (including phenoxy) is 2. The number of benzene rings is 4. The van der Waals surface area contributed by atoms with Crippen LogP contribution in [-0.4, -0.2) is 65.3 Å². The molecule has 0 bridgehead atoms. The number of allylic oxidation sites excluding steroid dienone is 2. The fraction of sp³-hybridized carbons (Fsp3) is 0.693. The minimum absolute atomic E-state index is 0. The molecule has 10 aliphatic rings. The molecule has 4 aromatic carbocycles. The molecule has 10 aliphatic carbocycles. The first-order valence-corrected chi connectivity index (χ1v) is 47.9. The van der Waals surface area contributed by atoms with Gasteiger partial charge in [0.2, 0.25) is 0 Å². The van der Waals surface area contributed by atoms with E-state index in [1.54, 1.807) is 15.8 Å². The standard InChI is InChI=1S/C43H63O2P.C42H61NO2P.2C7H13N.2CH4.2H2O.2Pt/c1-31(2)14-13-15-32(3)39-22-23-40-38-21-20-34-30-35(24-27-42(34,5)41(38)25-28-43(39,40)6)45-29-26-33(4)46(44,36-16-9-7-10-17-36)37-18-11-8-12-19-37;1-31(2)14-13-15-32(3)38-22-23-39-37-21-20-33-30-34(24-26-41(33,4)40(37)25-27-42(38,39)5)45-29-28-43(6)46(44,35-16-9-7-10-17-35)36-18-11-8-12-19-36;2*1-6-4-2-3-5-7(6)8;;;;;;/h7-12,16-20,31-33,35,38-41H,13-15,21-30H2,1-6H3;7-12,16-20,31-32,34,37-40H,6,13-15,21-30H2,1-5H3;2*6-8H,1-5H2;2*1H4;2*1H2;;/q;-1;2*-2;;;;;;+2/t32-,33?,35+,38+,39-,40+,41+,42+,43-;32-,34+,37+,38-,39+,40+,41+,42-;;;;;;;;/m11......../s1. The van der Waals surface area contributed by atoms with Crippen molar-refractivity contribution >= 4 is 35.7 Å². The number of hydrogen-bond donors (Lipinski definition) is 0. The maximum Gasteiger partial charge on any atom is 2.00 e. The molecule has 6 N–H and O–H groups in total. The molecule has 4 aromatic rings. The van der Waals surface area contributed by atoms with Gasteiger partial charge in [-0.25, -0.2) is 0 Å². The molecule has 14 rings (SSSR count). The van der Waals surface area contributed by atoms with E-state index >= 15 is 0 Å². The van der Waals surface area contributed by atoms with Crippen LogP contribution >= 0.6 is 14.4 Å². The van der Waals surface area contributed by atoms with Crippen molar-refractivity contribution in [2.75, 3.05) is 19.8 Å². The zero-order chi connectivity index (χ0) is 77.0. The molecule has 5 unspecified atom stereocenters. The van der Waals surface area contributed by atoms with Crippen molar-refractivity contribution in [3.05, 3.63) is 177 Å². The molecule has 114 heavy (non-hydrogen) atoms. The summed E-state index contributed by atoms with van der Waals surface area (Å²) in [6, 6.07) is 40.2. The summed E-state index contributed by atoms with van der Waals surface area (Å²) < 4.78 is 44.4. The molecule has 0 saturated heterocycles. The van der Waals surface area contributed by atoms with Crippen molar-refractivity contribution in [3.63, 3.8) is 0 Å². The van der Waals surface area contributed by atoms with E-state index in [0.29, 0.717) is 59.4 Å². The zero-order valence-corrected chi connectivity index (χ0v) is 77.8. The Morgan fingerprint density at radius 1 is 0.465 bits per heavy atom. The summed E-state index contributed by atoms with van der Waals surface area (Å²) in [7, 11) is -1.49. The molecule has 21 atom stereocenters. The monoisotopic (exact) mass is 1970 g/mol. The van der Waals surface area contributed by atoms with Crippen LogP contribution in [0.4, 0.5) is 0 Å². The van der Waals surface area contributed by atoms with Gasteiger partial charge in [0.1, 0.15) is 7.14 Å². The fourth-order valence-corrected chi connectivity index (χ4v) is 30.2. The van der Waals surface area contributed by atoms with E-state index < -0.39 is 14.4 Å². The van der Waals surface area contributed by atoms with E-state index in [2.05, 4.69) is 109 Å². The quantitative estimate of drug-likeness (QED) is 0.0386. The Balaban J connectivity index is 0.000000325. The van der Waals surface area contributed by atoms with E-state index in [0.717, 1.165) is 137 Å². The van der Waals surface area contributed by atoms with Gasteiger partial charge in [0, 0.05) is 54.5 Å². The average molecular weight is 1970 g/mol. The van der Waals surface area contributed by atoms with Gasteiger partial charge in [-0.15, -0.1) is 0 Å². The smallest absolute Gasteiger partial charge is 0.677 e. The fourth-order valence-electron chi connectivity index (χ4n) is 24.7. The van der Waals surface area contributed by atoms with Crippen LogP contribution in [-0.2, 0) is 60.7 Å². The minimum Gasteiger partial charge on any atom is -0.677 e. The van der Waals surface area contributed by atoms with Crippen molar-refractivity contribution in [2.45, 2.75) is 320 Å². The van der Waals surface area contributed by atoms with Crippen LogP contribution in [0.1, 0.15) is 290 Å². The average Bonchev–Trinajstić information content (AvgIpc) is 1.41. The Morgan fingerprint density at radius 2 is 0.825 bits per heavy atom. The third-order valence-electron chi connectivity index (χ3n) is 31.4. The third kappa shape index (κ3) is 23.4. The van der Waals surface area contributed by atoms with E-state index in [1.165, 1.54) is 154 Å². The maximum absolute atomic E-state index is 14.7. The van der Waals surface area contributed by atoms with Gasteiger partial charge in [-0.05, 0) is 233 Å². The summed E-state index contributed by atoms with van der Waals surface area (Å²) in [5, 5.41) is 3.57. The van der Waals surface area contributed by atoms with E-state index in [1.807, 2.05) is 121 Å². The Morgan fingerprint density at radius 3 is 1.18 bits per heavy atom. The molecule has 0 spiro atoms. The van der Waals surface area contributed by atoms with Gasteiger partial charge in [0.25, 0.3) is 0 Å². The second-order valence-corrected chi connectivity index (χ2v) is 44.8. The van der Waals surface area contributed by atoms with E-state index in [4.69, 9.17) is 20.9 Å². The van der Waals surface area contributed by atoms with Crippen LogP contribution in [0.25, 0.3) is 11.5 Å². The first kappa shape index (κ1) is 102. The summed E-state index contributed by atoms with van der Waals surface area (Å²) in [4.78, 5) is 0. The maximum atomic E-state index is 14.7. The van der Waals surface area contributed by atoms with Crippen LogP contribution < -0.4 is 21.2 Å². The van der Waals surface area contributed by atoms with Gasteiger partial charge >= 0.3 is 21.1 Å².